The number of hydrogen-bond acceptors (Lipinski definition) is 4. The van der Waals surface area contributed by atoms with Crippen molar-refractivity contribution in [1.29, 1.82) is 0 Å². The van der Waals surface area contributed by atoms with E-state index in [0.29, 0.717) is 37.0 Å². The number of benzene rings is 2. The SMILES string of the molecule is CC(C)C(OCCCC(=O)Oc1ccccc1)Oc1ccc(C(CC(C)(C)C)C(C)C)cc1. The van der Waals surface area contributed by atoms with Gasteiger partial charge in [-0.3, -0.25) is 4.79 Å². The molecule has 0 aliphatic carbocycles. The number of carbonyl (C=O) groups excluding carboxylic acids is 1. The third-order valence-corrected chi connectivity index (χ3v) is 5.52. The monoisotopic (exact) mass is 454 g/mol. The van der Waals surface area contributed by atoms with E-state index in [4.69, 9.17) is 14.2 Å². The van der Waals surface area contributed by atoms with Crippen LogP contribution in [-0.4, -0.2) is 18.9 Å². The standard InChI is InChI=1S/C29H42O4/c1-21(2)26(20-29(5,6)7)23-15-17-25(18-16-23)33-28(22(3)4)31-19-11-14-27(30)32-24-12-9-8-10-13-24/h8-10,12-13,15-18,21-22,26,28H,11,14,19-20H2,1-7H3. The molecule has 4 heteroatoms. The minimum Gasteiger partial charge on any atom is -0.465 e. The Bertz CT molecular complexity index is 819. The molecule has 0 spiro atoms. The summed E-state index contributed by atoms with van der Waals surface area (Å²) in [5.74, 6) is 2.41. The molecule has 182 valence electrons. The molecule has 0 saturated carbocycles. The smallest absolute Gasteiger partial charge is 0.311 e. The topological polar surface area (TPSA) is 44.8 Å². The second-order valence-electron chi connectivity index (χ2n) is 10.7. The Morgan fingerprint density at radius 2 is 1.48 bits per heavy atom. The molecule has 0 fully saturated rings. The van der Waals surface area contributed by atoms with Crippen LogP contribution in [0.15, 0.2) is 54.6 Å². The fourth-order valence-electron chi connectivity index (χ4n) is 3.78. The van der Waals surface area contributed by atoms with Crippen molar-refractivity contribution < 1.29 is 19.0 Å². The molecule has 0 bridgehead atoms. The molecule has 2 rings (SSSR count). The number of carbonyl (C=O) groups is 1. The van der Waals surface area contributed by atoms with Crippen molar-refractivity contribution in [2.24, 2.45) is 17.3 Å². The molecule has 0 amide bonds. The summed E-state index contributed by atoms with van der Waals surface area (Å²) in [6.45, 7) is 16.1. The van der Waals surface area contributed by atoms with Crippen molar-refractivity contribution in [3.63, 3.8) is 0 Å². The van der Waals surface area contributed by atoms with Crippen LogP contribution in [0.5, 0.6) is 11.5 Å². The molecule has 2 aromatic carbocycles. The normalized spacial score (nSPS) is 13.7. The highest BCUT2D eigenvalue weighted by Gasteiger charge is 2.23. The summed E-state index contributed by atoms with van der Waals surface area (Å²) in [6.07, 6.45) is 1.67. The van der Waals surface area contributed by atoms with Gasteiger partial charge in [-0.1, -0.05) is 78.8 Å². The van der Waals surface area contributed by atoms with Gasteiger partial charge in [-0.2, -0.15) is 0 Å². The average molecular weight is 455 g/mol. The molecule has 0 radical (unpaired) electrons. The average Bonchev–Trinajstić information content (AvgIpc) is 2.74. The summed E-state index contributed by atoms with van der Waals surface area (Å²) in [4.78, 5) is 12.0. The van der Waals surface area contributed by atoms with Gasteiger partial charge in [0.2, 0.25) is 6.29 Å². The predicted octanol–water partition coefficient (Wildman–Crippen LogP) is 7.63. The van der Waals surface area contributed by atoms with E-state index in [9.17, 15) is 4.79 Å². The number of rotatable bonds is 12. The van der Waals surface area contributed by atoms with Crippen molar-refractivity contribution in [3.05, 3.63) is 60.2 Å². The van der Waals surface area contributed by atoms with Gasteiger partial charge >= 0.3 is 5.97 Å². The van der Waals surface area contributed by atoms with Crippen LogP contribution in [0.3, 0.4) is 0 Å². The second-order valence-corrected chi connectivity index (χ2v) is 10.7. The van der Waals surface area contributed by atoms with Crippen LogP contribution in [0.2, 0.25) is 0 Å². The Balaban J connectivity index is 1.85. The van der Waals surface area contributed by atoms with Gasteiger partial charge in [0.25, 0.3) is 0 Å². The van der Waals surface area contributed by atoms with Gasteiger partial charge in [-0.05, 0) is 59.9 Å². The predicted molar refractivity (Wildman–Crippen MR) is 135 cm³/mol. The quantitative estimate of drug-likeness (QED) is 0.143. The number of esters is 1. The molecule has 2 unspecified atom stereocenters. The van der Waals surface area contributed by atoms with Gasteiger partial charge in [0.05, 0.1) is 6.61 Å². The molecule has 4 nitrogen and oxygen atoms in total. The zero-order valence-corrected chi connectivity index (χ0v) is 21.5. The van der Waals surface area contributed by atoms with Crippen molar-refractivity contribution in [2.45, 2.75) is 79.9 Å². The van der Waals surface area contributed by atoms with Crippen molar-refractivity contribution in [3.8, 4) is 11.5 Å². The number of ether oxygens (including phenoxy) is 3. The molecular formula is C29H42O4. The van der Waals surface area contributed by atoms with E-state index in [-0.39, 0.29) is 23.6 Å². The second kappa shape index (κ2) is 12.8. The number of para-hydroxylation sites is 1. The molecule has 33 heavy (non-hydrogen) atoms. The maximum absolute atomic E-state index is 12.0. The first-order valence-electron chi connectivity index (χ1n) is 12.2. The number of hydrogen-bond donors (Lipinski definition) is 0. The first-order chi connectivity index (χ1) is 15.5. The minimum atomic E-state index is -0.364. The van der Waals surface area contributed by atoms with Crippen molar-refractivity contribution in [1.82, 2.24) is 0 Å². The summed E-state index contributed by atoms with van der Waals surface area (Å²) < 4.78 is 17.4. The van der Waals surface area contributed by atoms with E-state index in [1.165, 1.54) is 5.56 Å². The third-order valence-electron chi connectivity index (χ3n) is 5.52. The van der Waals surface area contributed by atoms with Gasteiger partial charge < -0.3 is 14.2 Å². The van der Waals surface area contributed by atoms with Crippen molar-refractivity contribution >= 4 is 5.97 Å². The van der Waals surface area contributed by atoms with E-state index < -0.39 is 0 Å². The van der Waals surface area contributed by atoms with Gasteiger partial charge in [0.1, 0.15) is 11.5 Å². The molecular weight excluding hydrogens is 412 g/mol. The van der Waals surface area contributed by atoms with E-state index in [1.807, 2.05) is 30.3 Å². The Morgan fingerprint density at radius 3 is 2.03 bits per heavy atom. The Morgan fingerprint density at radius 1 is 0.848 bits per heavy atom. The Kier molecular flexibility index (Phi) is 10.4. The van der Waals surface area contributed by atoms with Crippen LogP contribution >= 0.6 is 0 Å². The van der Waals surface area contributed by atoms with Crippen LogP contribution in [-0.2, 0) is 9.53 Å². The van der Waals surface area contributed by atoms with E-state index in [0.717, 1.165) is 12.2 Å². The zero-order chi connectivity index (χ0) is 24.4. The third kappa shape index (κ3) is 10.00. The summed E-state index contributed by atoms with van der Waals surface area (Å²) in [5, 5.41) is 0. The summed E-state index contributed by atoms with van der Waals surface area (Å²) in [7, 11) is 0. The van der Waals surface area contributed by atoms with E-state index >= 15 is 0 Å². The van der Waals surface area contributed by atoms with Gasteiger partial charge in [0.15, 0.2) is 0 Å². The molecule has 0 aromatic heterocycles. The highest BCUT2D eigenvalue weighted by molar-refractivity contribution is 5.72. The largest absolute Gasteiger partial charge is 0.465 e. The van der Waals surface area contributed by atoms with E-state index in [1.54, 1.807) is 12.1 Å². The fraction of sp³-hybridized carbons (Fsp3) is 0.552. The lowest BCUT2D eigenvalue weighted by Gasteiger charge is -2.29. The molecule has 0 N–H and O–H groups in total. The minimum absolute atomic E-state index is 0.185. The summed E-state index contributed by atoms with van der Waals surface area (Å²) in [6, 6.07) is 17.6. The van der Waals surface area contributed by atoms with Crippen LogP contribution in [0, 0.1) is 17.3 Å². The first-order valence-corrected chi connectivity index (χ1v) is 12.2. The zero-order valence-electron chi connectivity index (χ0n) is 21.5. The fourth-order valence-corrected chi connectivity index (χ4v) is 3.78. The van der Waals surface area contributed by atoms with Crippen molar-refractivity contribution in [2.75, 3.05) is 6.61 Å². The first kappa shape index (κ1) is 26.9. The van der Waals surface area contributed by atoms with Crippen LogP contribution in [0.1, 0.15) is 79.2 Å². The van der Waals surface area contributed by atoms with Gasteiger partial charge in [-0.15, -0.1) is 0 Å². The lowest BCUT2D eigenvalue weighted by molar-refractivity contribution is -0.136. The maximum Gasteiger partial charge on any atom is 0.311 e. The molecule has 0 heterocycles. The van der Waals surface area contributed by atoms with Crippen LogP contribution in [0.4, 0.5) is 0 Å². The van der Waals surface area contributed by atoms with Gasteiger partial charge in [0, 0.05) is 12.3 Å². The molecule has 0 aliphatic rings. The maximum atomic E-state index is 12.0. The summed E-state index contributed by atoms with van der Waals surface area (Å²) in [5.41, 5.74) is 1.64. The molecule has 2 aromatic rings. The molecule has 2 atom stereocenters. The Labute approximate surface area is 200 Å². The lowest BCUT2D eigenvalue weighted by atomic mass is 9.76. The van der Waals surface area contributed by atoms with Crippen LogP contribution in [0.25, 0.3) is 0 Å². The Hall–Kier alpha value is -2.33. The summed E-state index contributed by atoms with van der Waals surface area (Å²) >= 11 is 0. The van der Waals surface area contributed by atoms with E-state index in [2.05, 4.69) is 60.6 Å². The molecule has 0 aliphatic heterocycles. The van der Waals surface area contributed by atoms with Gasteiger partial charge in [-0.25, -0.2) is 0 Å². The highest BCUT2D eigenvalue weighted by Crippen LogP contribution is 2.36. The highest BCUT2D eigenvalue weighted by atomic mass is 16.7. The molecule has 0 saturated heterocycles. The lowest BCUT2D eigenvalue weighted by Crippen LogP contribution is -2.27. The van der Waals surface area contributed by atoms with Crippen LogP contribution < -0.4 is 9.47 Å².